The lowest BCUT2D eigenvalue weighted by molar-refractivity contribution is 0.0804. The largest absolute Gasteiger partial charge is 0.475 e. The van der Waals surface area contributed by atoms with E-state index in [0.29, 0.717) is 35.2 Å². The average molecular weight is 475 g/mol. The van der Waals surface area contributed by atoms with E-state index in [0.717, 1.165) is 21.5 Å². The summed E-state index contributed by atoms with van der Waals surface area (Å²) in [5.74, 6) is -0.119. The smallest absolute Gasteiger partial charge is 0.263 e. The zero-order valence-corrected chi connectivity index (χ0v) is 18.7. The van der Waals surface area contributed by atoms with Gasteiger partial charge in [-0.1, -0.05) is 0 Å². The first kappa shape index (κ1) is 21.8. The molecule has 1 amide bonds. The average Bonchev–Trinajstić information content (AvgIpc) is 3.33. The van der Waals surface area contributed by atoms with Gasteiger partial charge in [-0.15, -0.1) is 11.3 Å². The number of nitrogen functional groups attached to an aromatic ring is 1. The van der Waals surface area contributed by atoms with Crippen molar-refractivity contribution >= 4 is 39.0 Å². The van der Waals surface area contributed by atoms with Gasteiger partial charge in [0.05, 0.1) is 17.6 Å². The molecule has 1 fully saturated rings. The summed E-state index contributed by atoms with van der Waals surface area (Å²) in [5, 5.41) is 3.76. The van der Waals surface area contributed by atoms with Gasteiger partial charge in [0.2, 0.25) is 12.3 Å². The van der Waals surface area contributed by atoms with Crippen LogP contribution >= 0.6 is 11.3 Å². The van der Waals surface area contributed by atoms with E-state index in [9.17, 15) is 13.6 Å². The van der Waals surface area contributed by atoms with Crippen molar-refractivity contribution in [1.82, 2.24) is 15.3 Å². The third-order valence-electron chi connectivity index (χ3n) is 6.15. The van der Waals surface area contributed by atoms with E-state index in [4.69, 9.17) is 16.2 Å². The topological polar surface area (TPSA) is 119 Å². The van der Waals surface area contributed by atoms with Gasteiger partial charge in [-0.05, 0) is 31.2 Å². The number of nitrogens with zero attached hydrogens (tertiary/aromatic N) is 3. The Bertz CT molecular complexity index is 1220. The molecule has 5 heterocycles. The van der Waals surface area contributed by atoms with E-state index in [2.05, 4.69) is 15.3 Å². The van der Waals surface area contributed by atoms with E-state index >= 15 is 0 Å². The maximum atomic E-state index is 13.1. The second-order valence-corrected chi connectivity index (χ2v) is 9.54. The van der Waals surface area contributed by atoms with Gasteiger partial charge in [-0.3, -0.25) is 4.79 Å². The first-order valence-electron chi connectivity index (χ1n) is 10.7. The van der Waals surface area contributed by atoms with Crippen LogP contribution in [0.3, 0.4) is 0 Å². The number of pyridine rings is 2. The van der Waals surface area contributed by atoms with Gasteiger partial charge in [0, 0.05) is 42.2 Å². The lowest BCUT2D eigenvalue weighted by Gasteiger charge is -2.27. The Kier molecular flexibility index (Phi) is 5.53. The SMILES string of the molecule is Cc1ccc2c(N)c(C(=O)N[C@H]3COc4nc(N5C[C@@H](N)[C@H](C(F)F)C5)ccc4C3)sc2n1. The number of aromatic nitrogens is 2. The predicted molar refractivity (Wildman–Crippen MR) is 123 cm³/mol. The van der Waals surface area contributed by atoms with Crippen LogP contribution < -0.4 is 26.4 Å². The van der Waals surface area contributed by atoms with Crippen LogP contribution in [0.4, 0.5) is 20.3 Å². The van der Waals surface area contributed by atoms with Crippen molar-refractivity contribution in [2.24, 2.45) is 11.7 Å². The number of ether oxygens (including phenoxy) is 1. The van der Waals surface area contributed by atoms with E-state index in [1.54, 1.807) is 11.0 Å². The first-order valence-corrected chi connectivity index (χ1v) is 11.5. The molecular weight excluding hydrogens is 450 g/mol. The lowest BCUT2D eigenvalue weighted by atomic mass is 10.1. The van der Waals surface area contributed by atoms with Gasteiger partial charge in [0.25, 0.3) is 5.91 Å². The quantitative estimate of drug-likeness (QED) is 0.531. The van der Waals surface area contributed by atoms with Crippen molar-refractivity contribution in [2.45, 2.75) is 31.9 Å². The highest BCUT2D eigenvalue weighted by Gasteiger charge is 2.37. The summed E-state index contributed by atoms with van der Waals surface area (Å²) in [6, 6.07) is 6.54. The minimum atomic E-state index is -2.46. The number of rotatable bonds is 4. The van der Waals surface area contributed by atoms with Crippen molar-refractivity contribution in [3.05, 3.63) is 40.4 Å². The number of nitrogens with one attached hydrogen (secondary N) is 1. The molecule has 8 nitrogen and oxygen atoms in total. The highest BCUT2D eigenvalue weighted by atomic mass is 32.1. The number of carbonyl (C=O) groups excluding carboxylic acids is 1. The Morgan fingerprint density at radius 2 is 2.09 bits per heavy atom. The van der Waals surface area contributed by atoms with Crippen molar-refractivity contribution < 1.29 is 18.3 Å². The molecule has 0 aliphatic carbocycles. The second-order valence-electron chi connectivity index (χ2n) is 8.54. The molecule has 5 N–H and O–H groups in total. The summed E-state index contributed by atoms with van der Waals surface area (Å²) in [7, 11) is 0. The molecule has 1 saturated heterocycles. The normalized spacial score (nSPS) is 22.5. The number of hydrogen-bond acceptors (Lipinski definition) is 8. The number of alkyl halides is 2. The Morgan fingerprint density at radius 1 is 1.27 bits per heavy atom. The summed E-state index contributed by atoms with van der Waals surface area (Å²) in [4.78, 5) is 24.8. The van der Waals surface area contributed by atoms with Crippen LogP contribution in [0.1, 0.15) is 20.9 Å². The molecule has 0 bridgehead atoms. The summed E-state index contributed by atoms with van der Waals surface area (Å²) in [6.07, 6.45) is -1.92. The minimum Gasteiger partial charge on any atom is -0.475 e. The number of hydrogen-bond donors (Lipinski definition) is 3. The second kappa shape index (κ2) is 8.38. The molecule has 0 unspecified atom stereocenters. The van der Waals surface area contributed by atoms with Crippen LogP contribution in [0.15, 0.2) is 24.3 Å². The maximum Gasteiger partial charge on any atom is 0.263 e. The van der Waals surface area contributed by atoms with Crippen molar-refractivity contribution in [3.63, 3.8) is 0 Å². The fraction of sp³-hybridized carbons (Fsp3) is 0.409. The van der Waals surface area contributed by atoms with Crippen LogP contribution in [0.2, 0.25) is 0 Å². The van der Waals surface area contributed by atoms with Crippen LogP contribution in [-0.4, -0.2) is 54.1 Å². The fourth-order valence-electron chi connectivity index (χ4n) is 4.33. The molecule has 33 heavy (non-hydrogen) atoms. The number of anilines is 2. The molecule has 11 heteroatoms. The Hall–Kier alpha value is -3.05. The van der Waals surface area contributed by atoms with Gasteiger partial charge in [0.15, 0.2) is 0 Å². The number of amides is 1. The van der Waals surface area contributed by atoms with Crippen LogP contribution in [0.25, 0.3) is 10.2 Å². The van der Waals surface area contributed by atoms with Gasteiger partial charge < -0.3 is 26.4 Å². The Balaban J connectivity index is 1.27. The summed E-state index contributed by atoms with van der Waals surface area (Å²) < 4.78 is 32.1. The van der Waals surface area contributed by atoms with Gasteiger partial charge >= 0.3 is 0 Å². The first-order chi connectivity index (χ1) is 15.8. The zero-order chi connectivity index (χ0) is 23.3. The molecule has 2 aliphatic rings. The lowest BCUT2D eigenvalue weighted by Crippen LogP contribution is -2.43. The molecule has 3 aromatic rings. The number of thiophene rings is 1. The molecule has 0 spiro atoms. The number of fused-ring (bicyclic) bond motifs is 2. The standard InChI is InChI=1S/C22H24F2N6O2S/c1-10-2-4-13-17(26)18(33-22(13)27-10)20(31)28-12-6-11-3-5-16(29-21(11)32-9-12)30-7-14(19(23)24)15(25)8-30/h2-5,12,14-15,19H,6-9,25-26H2,1H3,(H,28,31)/t12-,14-,15-/m1/s1. The highest BCUT2D eigenvalue weighted by molar-refractivity contribution is 7.21. The predicted octanol–water partition coefficient (Wildman–Crippen LogP) is 2.34. The zero-order valence-electron chi connectivity index (χ0n) is 17.9. The molecular formula is C22H24F2N6O2S. The summed E-state index contributed by atoms with van der Waals surface area (Å²) in [5.41, 5.74) is 14.2. The number of nitrogens with two attached hydrogens (primary N) is 2. The molecule has 3 aromatic heterocycles. The third-order valence-corrected chi connectivity index (χ3v) is 7.26. The Labute approximate surface area is 192 Å². The van der Waals surface area contributed by atoms with E-state index in [1.165, 1.54) is 11.3 Å². The summed E-state index contributed by atoms with van der Waals surface area (Å²) >= 11 is 1.27. The van der Waals surface area contributed by atoms with Crippen molar-refractivity contribution in [3.8, 4) is 5.88 Å². The van der Waals surface area contributed by atoms with Gasteiger partial charge in [-0.2, -0.15) is 4.98 Å². The number of halogens is 2. The van der Waals surface area contributed by atoms with Crippen LogP contribution in [-0.2, 0) is 6.42 Å². The van der Waals surface area contributed by atoms with E-state index < -0.39 is 18.4 Å². The molecule has 0 radical (unpaired) electrons. The van der Waals surface area contributed by atoms with E-state index in [-0.39, 0.29) is 25.1 Å². The number of aryl methyl sites for hydroxylation is 1. The molecule has 5 rings (SSSR count). The van der Waals surface area contributed by atoms with E-state index in [1.807, 2.05) is 25.1 Å². The van der Waals surface area contributed by atoms with Crippen molar-refractivity contribution in [1.29, 1.82) is 0 Å². The highest BCUT2D eigenvalue weighted by Crippen LogP contribution is 2.33. The molecule has 0 saturated carbocycles. The van der Waals surface area contributed by atoms with Crippen LogP contribution in [0, 0.1) is 12.8 Å². The molecule has 174 valence electrons. The number of carbonyl (C=O) groups is 1. The molecule has 3 atom stereocenters. The fourth-order valence-corrected chi connectivity index (χ4v) is 5.37. The minimum absolute atomic E-state index is 0.161. The van der Waals surface area contributed by atoms with Gasteiger partial charge in [-0.25, -0.2) is 13.8 Å². The monoisotopic (exact) mass is 474 g/mol. The molecule has 2 aliphatic heterocycles. The summed E-state index contributed by atoms with van der Waals surface area (Å²) in [6.45, 7) is 2.62. The van der Waals surface area contributed by atoms with Crippen molar-refractivity contribution in [2.75, 3.05) is 30.3 Å². The maximum absolute atomic E-state index is 13.1. The third kappa shape index (κ3) is 4.06. The molecule has 0 aromatic carbocycles. The van der Waals surface area contributed by atoms with Gasteiger partial charge in [0.1, 0.15) is 22.1 Å². The Morgan fingerprint density at radius 3 is 2.85 bits per heavy atom. The van der Waals surface area contributed by atoms with Crippen LogP contribution in [0.5, 0.6) is 5.88 Å².